The summed E-state index contributed by atoms with van der Waals surface area (Å²) in [5.41, 5.74) is 22.6. The van der Waals surface area contributed by atoms with E-state index >= 15 is 0 Å². The Kier molecular flexibility index (Phi) is 7.31. The van der Waals surface area contributed by atoms with Gasteiger partial charge in [0.15, 0.2) is 0 Å². The molecule has 1 aliphatic heterocycles. The highest BCUT2D eigenvalue weighted by molar-refractivity contribution is 6.17. The van der Waals surface area contributed by atoms with Gasteiger partial charge in [-0.3, -0.25) is 0 Å². The van der Waals surface area contributed by atoms with Gasteiger partial charge in [0.2, 0.25) is 0 Å². The van der Waals surface area contributed by atoms with Gasteiger partial charge in [0.05, 0.1) is 27.6 Å². The second-order valence-electron chi connectivity index (χ2n) is 19.7. The maximum Gasteiger partial charge on any atom is 0.137 e. The van der Waals surface area contributed by atoms with Gasteiger partial charge >= 0.3 is 0 Å². The van der Waals surface area contributed by atoms with Crippen molar-refractivity contribution in [2.45, 2.75) is 10.8 Å². The Morgan fingerprint density at radius 3 is 1.49 bits per heavy atom. The number of furan rings is 2. The summed E-state index contributed by atoms with van der Waals surface area (Å²) in [4.78, 5) is 2.47. The van der Waals surface area contributed by atoms with E-state index in [-0.39, 0.29) is 0 Å². The van der Waals surface area contributed by atoms with Gasteiger partial charge in [-0.15, -0.1) is 0 Å². The SMILES string of the molecule is c1ccc2c(c1)Oc1ccccc1C21c2ccccc2-c2cc3c(cc21)oc1cccc(N(c2ccc4c(c2)oc2ccccc24)c2cccc4c2-c2ccccc2C42c4ccccc4-c4ccccc42)c13. The Bertz CT molecular complexity index is 4440. The van der Waals surface area contributed by atoms with Crippen LogP contribution in [0.2, 0.25) is 0 Å². The van der Waals surface area contributed by atoms with Crippen molar-refractivity contribution < 1.29 is 13.6 Å². The molecule has 2 aromatic heterocycles. The van der Waals surface area contributed by atoms with Crippen LogP contribution in [0, 0.1) is 0 Å². The summed E-state index contributed by atoms with van der Waals surface area (Å²) < 4.78 is 20.6. The second kappa shape index (κ2) is 13.7. The Labute approximate surface area is 414 Å². The van der Waals surface area contributed by atoms with Crippen molar-refractivity contribution >= 4 is 60.9 Å². The van der Waals surface area contributed by atoms with Crippen molar-refractivity contribution in [1.29, 1.82) is 0 Å². The maximum absolute atomic E-state index is 7.19. The molecule has 0 bridgehead atoms. The molecule has 17 rings (SSSR count). The average Bonchev–Trinajstić information content (AvgIpc) is 4.22. The summed E-state index contributed by atoms with van der Waals surface area (Å²) >= 11 is 0. The fourth-order valence-corrected chi connectivity index (χ4v) is 13.9. The van der Waals surface area contributed by atoms with E-state index in [2.05, 4.69) is 235 Å². The number of para-hydroxylation sites is 3. The number of anilines is 3. The highest BCUT2D eigenvalue weighted by Crippen LogP contribution is 2.66. The van der Waals surface area contributed by atoms with E-state index in [9.17, 15) is 0 Å². The van der Waals surface area contributed by atoms with E-state index in [0.717, 1.165) is 83.6 Å². The summed E-state index contributed by atoms with van der Waals surface area (Å²) in [6.07, 6.45) is 0. The van der Waals surface area contributed by atoms with Crippen LogP contribution in [0.25, 0.3) is 77.3 Å². The smallest absolute Gasteiger partial charge is 0.137 e. The molecule has 0 fully saturated rings. The molecular weight excluding hydrogens is 879 g/mol. The van der Waals surface area contributed by atoms with E-state index in [1.165, 1.54) is 66.8 Å². The van der Waals surface area contributed by atoms with Gasteiger partial charge in [-0.2, -0.15) is 0 Å². The summed E-state index contributed by atoms with van der Waals surface area (Å²) in [7, 11) is 0. The molecule has 2 spiro atoms. The van der Waals surface area contributed by atoms with Crippen LogP contribution in [0.5, 0.6) is 11.5 Å². The molecule has 0 saturated heterocycles. The molecule has 0 amide bonds. The highest BCUT2D eigenvalue weighted by Gasteiger charge is 2.53. The summed E-state index contributed by atoms with van der Waals surface area (Å²) in [6.45, 7) is 0. The van der Waals surface area contributed by atoms with E-state index in [1.807, 2.05) is 6.07 Å². The molecule has 334 valence electrons. The third kappa shape index (κ3) is 4.59. The minimum Gasteiger partial charge on any atom is -0.457 e. The lowest BCUT2D eigenvalue weighted by Gasteiger charge is -2.39. The summed E-state index contributed by atoms with van der Waals surface area (Å²) in [5, 5.41) is 4.28. The number of hydrogen-bond acceptors (Lipinski definition) is 4. The van der Waals surface area contributed by atoms with Crippen LogP contribution in [0.1, 0.15) is 44.5 Å². The predicted octanol–water partition coefficient (Wildman–Crippen LogP) is 17.8. The van der Waals surface area contributed by atoms with Crippen LogP contribution in [-0.4, -0.2) is 0 Å². The minimum atomic E-state index is -0.618. The van der Waals surface area contributed by atoms with Crippen LogP contribution in [0.15, 0.2) is 245 Å². The molecule has 0 N–H and O–H groups in total. The number of rotatable bonds is 3. The Hall–Kier alpha value is -9.38. The summed E-state index contributed by atoms with van der Waals surface area (Å²) in [6, 6.07) is 86.4. The van der Waals surface area contributed by atoms with Gasteiger partial charge in [-0.25, -0.2) is 0 Å². The topological polar surface area (TPSA) is 38.8 Å². The first-order valence-corrected chi connectivity index (χ1v) is 24.8. The van der Waals surface area contributed by atoms with Crippen LogP contribution in [0.3, 0.4) is 0 Å². The Morgan fingerprint density at radius 1 is 0.292 bits per heavy atom. The molecule has 4 heteroatoms. The lowest BCUT2D eigenvalue weighted by molar-refractivity contribution is 0.436. The molecule has 3 aliphatic carbocycles. The van der Waals surface area contributed by atoms with Crippen LogP contribution in [-0.2, 0) is 10.8 Å². The lowest BCUT2D eigenvalue weighted by Crippen LogP contribution is -2.32. The first-order valence-electron chi connectivity index (χ1n) is 24.8. The molecule has 0 unspecified atom stereocenters. The van der Waals surface area contributed by atoms with Crippen molar-refractivity contribution in [1.82, 2.24) is 0 Å². The second-order valence-corrected chi connectivity index (χ2v) is 19.7. The fraction of sp³-hybridized carbons (Fsp3) is 0.0294. The minimum absolute atomic E-state index is 0.511. The Balaban J connectivity index is 0.969. The number of ether oxygens (including phenoxy) is 1. The molecule has 13 aromatic rings. The molecule has 72 heavy (non-hydrogen) atoms. The molecule has 4 aliphatic rings. The fourth-order valence-electron chi connectivity index (χ4n) is 13.9. The Morgan fingerprint density at radius 2 is 0.778 bits per heavy atom. The third-order valence-corrected chi connectivity index (χ3v) is 16.5. The number of benzene rings is 11. The normalized spacial score (nSPS) is 14.4. The molecular formula is C68H39NO3. The van der Waals surface area contributed by atoms with E-state index in [0.29, 0.717) is 0 Å². The molecule has 0 atom stereocenters. The van der Waals surface area contributed by atoms with Crippen molar-refractivity contribution in [2.24, 2.45) is 0 Å². The van der Waals surface area contributed by atoms with Gasteiger partial charge < -0.3 is 18.5 Å². The quantitative estimate of drug-likeness (QED) is 0.177. The standard InChI is InChI=1S/C68H39NO3/c1-6-22-49-41(17-1)42-18-2-7-23-50(42)67(49)52-25-9-4-21-46(52)65-55(67)28-15-29-57(65)69(40-35-36-45-44-20-5-12-31-59(44)70-63(45)37-40)58-30-16-34-62-66(58)48-38-47-43-19-3-8-24-51(43)68(56(47)39-64(48)72-62)53-26-10-13-32-60(53)71-61-33-14-11-27-54(61)68/h1-39H. The molecule has 0 saturated carbocycles. The zero-order chi connectivity index (χ0) is 46.9. The molecule has 0 radical (unpaired) electrons. The number of hydrogen-bond donors (Lipinski definition) is 0. The molecule has 3 heterocycles. The van der Waals surface area contributed by atoms with Gasteiger partial charge in [-0.05, 0) is 122 Å². The van der Waals surface area contributed by atoms with Crippen molar-refractivity contribution in [2.75, 3.05) is 4.90 Å². The first-order chi connectivity index (χ1) is 35.7. The number of nitrogens with zero attached hydrogens (tertiary/aromatic N) is 1. The summed E-state index contributed by atoms with van der Waals surface area (Å²) in [5.74, 6) is 1.73. The van der Waals surface area contributed by atoms with Crippen LogP contribution in [0.4, 0.5) is 17.1 Å². The van der Waals surface area contributed by atoms with Crippen molar-refractivity contribution in [3.05, 3.63) is 281 Å². The maximum atomic E-state index is 7.19. The van der Waals surface area contributed by atoms with Crippen LogP contribution < -0.4 is 9.64 Å². The average molecular weight is 918 g/mol. The van der Waals surface area contributed by atoms with E-state index < -0.39 is 10.8 Å². The highest BCUT2D eigenvalue weighted by atomic mass is 16.5. The van der Waals surface area contributed by atoms with Gasteiger partial charge in [0, 0.05) is 44.6 Å². The monoisotopic (exact) mass is 917 g/mol. The predicted molar refractivity (Wildman–Crippen MR) is 289 cm³/mol. The van der Waals surface area contributed by atoms with Gasteiger partial charge in [0.1, 0.15) is 33.8 Å². The largest absolute Gasteiger partial charge is 0.457 e. The van der Waals surface area contributed by atoms with Crippen LogP contribution >= 0.6 is 0 Å². The first kappa shape index (κ1) is 38.5. The third-order valence-electron chi connectivity index (χ3n) is 16.5. The lowest BCUT2D eigenvalue weighted by atomic mass is 9.66. The van der Waals surface area contributed by atoms with Crippen molar-refractivity contribution in [3.63, 3.8) is 0 Å². The van der Waals surface area contributed by atoms with E-state index in [4.69, 9.17) is 13.6 Å². The molecule has 4 nitrogen and oxygen atoms in total. The zero-order valence-corrected chi connectivity index (χ0v) is 38.7. The zero-order valence-electron chi connectivity index (χ0n) is 38.7. The van der Waals surface area contributed by atoms with Gasteiger partial charge in [-0.1, -0.05) is 170 Å². The van der Waals surface area contributed by atoms with Crippen molar-refractivity contribution in [3.8, 4) is 44.9 Å². The van der Waals surface area contributed by atoms with Gasteiger partial charge in [0.25, 0.3) is 0 Å². The van der Waals surface area contributed by atoms with E-state index in [1.54, 1.807) is 0 Å². The molecule has 11 aromatic carbocycles. The number of fused-ring (bicyclic) bond motifs is 25.